The van der Waals surface area contributed by atoms with E-state index in [2.05, 4.69) is 34.6 Å². The summed E-state index contributed by atoms with van der Waals surface area (Å²) in [5.74, 6) is 2.39. The quantitative estimate of drug-likeness (QED) is 0.500. The van der Waals surface area contributed by atoms with Crippen LogP contribution in [0.4, 0.5) is 0 Å². The predicted molar refractivity (Wildman–Crippen MR) is 98.8 cm³/mol. The molecule has 140 valence electrons. The minimum absolute atomic E-state index is 0.174. The van der Waals surface area contributed by atoms with Gasteiger partial charge in [0.25, 0.3) is 0 Å². The molecule has 0 aromatic carbocycles. The average molecular weight is 348 g/mol. The van der Waals surface area contributed by atoms with E-state index in [0.717, 1.165) is 25.7 Å². The lowest BCUT2D eigenvalue weighted by Gasteiger charge is -2.61. The highest BCUT2D eigenvalue weighted by molar-refractivity contribution is 5.85. The highest BCUT2D eigenvalue weighted by Crippen LogP contribution is 2.71. The fraction of sp³-hybridized carbons (Fsp3) is 0.909. The summed E-state index contributed by atoms with van der Waals surface area (Å²) in [4.78, 5) is 22.5. The van der Waals surface area contributed by atoms with Crippen molar-refractivity contribution >= 4 is 11.8 Å². The molecule has 0 spiro atoms. The van der Waals surface area contributed by atoms with Crippen molar-refractivity contribution in [3.63, 3.8) is 0 Å². The summed E-state index contributed by atoms with van der Waals surface area (Å²) >= 11 is 0. The van der Waals surface area contributed by atoms with Crippen LogP contribution in [-0.2, 0) is 9.53 Å². The molecule has 3 nitrogen and oxygen atoms in total. The fourth-order valence-corrected chi connectivity index (χ4v) is 8.10. The van der Waals surface area contributed by atoms with E-state index < -0.39 is 0 Å². The lowest BCUT2D eigenvalue weighted by molar-refractivity contribution is -0.164. The van der Waals surface area contributed by atoms with Crippen LogP contribution in [0.2, 0.25) is 0 Å². The molecule has 4 rings (SSSR count). The van der Waals surface area contributed by atoms with Gasteiger partial charge in [-0.05, 0) is 54.8 Å². The van der Waals surface area contributed by atoms with Gasteiger partial charge in [-0.25, -0.2) is 0 Å². The molecule has 3 heteroatoms. The molecule has 25 heavy (non-hydrogen) atoms. The number of ketones is 1. The van der Waals surface area contributed by atoms with Gasteiger partial charge in [0, 0.05) is 31.1 Å². The van der Waals surface area contributed by atoms with Gasteiger partial charge in [-0.1, -0.05) is 27.7 Å². The molecule has 0 amide bonds. The van der Waals surface area contributed by atoms with Gasteiger partial charge in [0.05, 0.1) is 0 Å². The van der Waals surface area contributed by atoms with E-state index in [1.165, 1.54) is 19.3 Å². The largest absolute Gasteiger partial charge is 0.483 e. The number of rotatable bonds is 1. The summed E-state index contributed by atoms with van der Waals surface area (Å²) in [6.07, 6.45) is 8.23. The van der Waals surface area contributed by atoms with Crippen LogP contribution in [0, 0.1) is 34.0 Å². The van der Waals surface area contributed by atoms with Crippen LogP contribution < -0.4 is 0 Å². The van der Waals surface area contributed by atoms with Gasteiger partial charge in [-0.2, -0.15) is 0 Å². The first-order valence-electron chi connectivity index (χ1n) is 10.3. The van der Waals surface area contributed by atoms with Gasteiger partial charge < -0.3 is 9.53 Å². The number of cyclic esters (lactones) is 1. The Kier molecular flexibility index (Phi) is 3.58. The molecule has 0 aromatic rings. The third-order valence-electron chi connectivity index (χ3n) is 9.30. The summed E-state index contributed by atoms with van der Waals surface area (Å²) in [7, 11) is 0. The molecule has 3 saturated carbocycles. The van der Waals surface area contributed by atoms with Gasteiger partial charge in [0.2, 0.25) is 5.60 Å². The van der Waals surface area contributed by atoms with Crippen LogP contribution in [0.1, 0.15) is 86.0 Å². The second-order valence-corrected chi connectivity index (χ2v) is 10.7. The van der Waals surface area contributed by atoms with Crippen LogP contribution in [0.5, 0.6) is 0 Å². The molecule has 1 saturated heterocycles. The first kappa shape index (κ1) is 17.5. The van der Waals surface area contributed by atoms with Crippen molar-refractivity contribution in [3.8, 4) is 0 Å². The topological polar surface area (TPSA) is 47.7 Å². The van der Waals surface area contributed by atoms with Gasteiger partial charge in [0.15, 0.2) is 0 Å². The van der Waals surface area contributed by atoms with E-state index in [0.29, 0.717) is 30.0 Å². The Balaban J connectivity index is 1.69. The number of Topliss-reactive ketones (excluding diaryl/α,β-unsaturated/α-hetero) is 1. The molecule has 0 radical (unpaired) electrons. The Morgan fingerprint density at radius 3 is 2.12 bits per heavy atom. The minimum Gasteiger partial charge on any atom is -0.339 e. The van der Waals surface area contributed by atoms with Crippen molar-refractivity contribution in [1.29, 1.82) is 0 Å². The van der Waals surface area contributed by atoms with Crippen LogP contribution in [0.25, 0.3) is 0 Å². The number of hydrogen-bond acceptors (Lipinski definition) is 2. The smallest absolute Gasteiger partial charge is 0.339 e. The molecular weight excluding hydrogens is 312 g/mol. The minimum atomic E-state index is -0.212. The lowest BCUT2D eigenvalue weighted by atomic mass is 9.42. The Morgan fingerprint density at radius 2 is 1.48 bits per heavy atom. The van der Waals surface area contributed by atoms with Crippen molar-refractivity contribution in [2.75, 3.05) is 0 Å². The predicted octanol–water partition coefficient (Wildman–Crippen LogP) is 4.90. The highest BCUT2D eigenvalue weighted by Gasteiger charge is 2.68. The zero-order valence-corrected chi connectivity index (χ0v) is 16.7. The molecule has 4 aliphatic rings. The van der Waals surface area contributed by atoms with E-state index in [9.17, 15) is 9.59 Å². The molecule has 1 aliphatic heterocycles. The number of carbonyl (C=O) groups is 1. The standard InChI is InChI=1S/C22H34O3/c1-19(2)14-8-11-21(4)15(20(14,3)12-9-17(19)23)6-7-16(21)22(5)13-10-18(24)25-22/h14-16H,6-13H2,1-5H3/p+1/t14-,15?,16-,20-,21+,22-/m0/s1. The van der Waals surface area contributed by atoms with Gasteiger partial charge in [-0.15, -0.1) is 0 Å². The van der Waals surface area contributed by atoms with Crippen molar-refractivity contribution in [3.05, 3.63) is 0 Å². The molecule has 1 heterocycles. The summed E-state index contributed by atoms with van der Waals surface area (Å²) < 4.78 is 5.99. The first-order valence-corrected chi connectivity index (χ1v) is 10.3. The van der Waals surface area contributed by atoms with E-state index >= 15 is 0 Å². The SMILES string of the molecule is CC1(C)C(=O)CC[C@]2(C)C3CC[C@H]([C@]4(C)CCC(=[OH+])O4)[C@]3(C)CC[C@@H]12. The van der Waals surface area contributed by atoms with Crippen molar-refractivity contribution in [2.24, 2.45) is 34.0 Å². The Morgan fingerprint density at radius 1 is 0.840 bits per heavy atom. The van der Waals surface area contributed by atoms with Gasteiger partial charge >= 0.3 is 5.97 Å². The lowest BCUT2D eigenvalue weighted by Crippen LogP contribution is -2.58. The second kappa shape index (κ2) is 5.10. The molecule has 1 N–H and O–H groups in total. The number of esters is 1. The number of hydrogen-bond donors (Lipinski definition) is 0. The molecule has 1 unspecified atom stereocenters. The first-order chi connectivity index (χ1) is 11.5. The maximum Gasteiger partial charge on any atom is 0.483 e. The normalized spacial score (nSPS) is 51.8. The summed E-state index contributed by atoms with van der Waals surface area (Å²) in [5, 5.41) is 0. The molecule has 0 aromatic heterocycles. The number of ether oxygens (including phenoxy) is 1. The molecule has 4 fully saturated rings. The second-order valence-electron chi connectivity index (χ2n) is 10.7. The van der Waals surface area contributed by atoms with Crippen LogP contribution in [0.15, 0.2) is 0 Å². The average Bonchev–Trinajstić information content (AvgIpc) is 3.05. The zero-order chi connectivity index (χ0) is 18.3. The Hall–Kier alpha value is -0.860. The summed E-state index contributed by atoms with van der Waals surface area (Å²) in [6.45, 7) is 11.6. The monoisotopic (exact) mass is 347 g/mol. The molecule has 6 atom stereocenters. The van der Waals surface area contributed by atoms with Crippen LogP contribution in [-0.4, -0.2) is 22.1 Å². The highest BCUT2D eigenvalue weighted by atomic mass is 16.6. The fourth-order valence-electron chi connectivity index (χ4n) is 8.10. The third kappa shape index (κ3) is 2.16. The van der Waals surface area contributed by atoms with Crippen molar-refractivity contribution < 1.29 is 14.3 Å². The maximum absolute atomic E-state index is 12.6. The summed E-state index contributed by atoms with van der Waals surface area (Å²) in [5.41, 5.74) is 0.143. The van der Waals surface area contributed by atoms with E-state index in [1.807, 2.05) is 0 Å². The Bertz CT molecular complexity index is 623. The van der Waals surface area contributed by atoms with Crippen LogP contribution in [0.3, 0.4) is 0 Å². The third-order valence-corrected chi connectivity index (χ3v) is 9.30. The van der Waals surface area contributed by atoms with E-state index in [-0.39, 0.29) is 27.8 Å². The molecular formula is C22H35O3+. The van der Waals surface area contributed by atoms with Gasteiger partial charge in [-0.3, -0.25) is 4.79 Å². The van der Waals surface area contributed by atoms with E-state index in [4.69, 9.17) is 4.74 Å². The number of carbonyl (C=O) groups excluding carboxylic acids is 2. The maximum atomic E-state index is 12.6. The molecule has 0 bridgehead atoms. The van der Waals surface area contributed by atoms with Crippen LogP contribution >= 0.6 is 0 Å². The van der Waals surface area contributed by atoms with E-state index in [1.54, 1.807) is 0 Å². The van der Waals surface area contributed by atoms with Crippen molar-refractivity contribution in [2.45, 2.75) is 91.6 Å². The molecule has 3 aliphatic carbocycles. The van der Waals surface area contributed by atoms with Crippen molar-refractivity contribution in [1.82, 2.24) is 0 Å². The summed E-state index contributed by atoms with van der Waals surface area (Å²) in [6, 6.07) is 0. The van der Waals surface area contributed by atoms with Gasteiger partial charge in [0.1, 0.15) is 12.2 Å². The zero-order valence-electron chi connectivity index (χ0n) is 16.7. The number of fused-ring (bicyclic) bond motifs is 3. The Labute approximate surface area is 152 Å².